The number of carbonyl (C=O) groups is 4. The number of amides is 3. The molecule has 220 valence electrons. The van der Waals surface area contributed by atoms with E-state index in [9.17, 15) is 42.9 Å². The molecule has 0 spiro atoms. The Hall–Kier alpha value is -4.05. The SMILES string of the molecule is COc1ccc([C@@H](CS(C)(=O)=O)N2C(=O)c3cccc(NC(C)=O)c3C2=O)cc1O[C@H]1C[C@@H](O)C(O)[C@@H](C(=O)O)O1. The number of aliphatic carboxylic acids is 1. The fraction of sp³-hybridized carbons (Fsp3) is 0.385. The number of sulfone groups is 1. The Balaban J connectivity index is 1.74. The van der Waals surface area contributed by atoms with E-state index in [0.29, 0.717) is 0 Å². The Morgan fingerprint density at radius 1 is 1.15 bits per heavy atom. The van der Waals surface area contributed by atoms with Crippen molar-refractivity contribution >= 4 is 39.2 Å². The van der Waals surface area contributed by atoms with E-state index in [4.69, 9.17) is 14.2 Å². The number of nitrogens with zero attached hydrogens (tertiary/aromatic N) is 1. The van der Waals surface area contributed by atoms with Gasteiger partial charge in [-0.15, -0.1) is 0 Å². The number of aliphatic hydroxyl groups excluding tert-OH is 2. The molecule has 1 unspecified atom stereocenters. The van der Waals surface area contributed by atoms with Crippen molar-refractivity contribution < 1.29 is 57.1 Å². The number of aliphatic hydroxyl groups is 2. The van der Waals surface area contributed by atoms with Crippen LogP contribution in [0.3, 0.4) is 0 Å². The Labute approximate surface area is 234 Å². The molecule has 14 nitrogen and oxygen atoms in total. The van der Waals surface area contributed by atoms with Crippen LogP contribution < -0.4 is 14.8 Å². The molecule has 0 aromatic heterocycles. The smallest absolute Gasteiger partial charge is 0.335 e. The molecule has 0 radical (unpaired) electrons. The van der Waals surface area contributed by atoms with Crippen LogP contribution in [-0.2, 0) is 24.2 Å². The van der Waals surface area contributed by atoms with Gasteiger partial charge in [-0.05, 0) is 29.8 Å². The Morgan fingerprint density at radius 2 is 1.85 bits per heavy atom. The number of rotatable bonds is 9. The predicted molar refractivity (Wildman–Crippen MR) is 140 cm³/mol. The van der Waals surface area contributed by atoms with Crippen molar-refractivity contribution in [3.05, 3.63) is 53.1 Å². The molecule has 2 heterocycles. The lowest BCUT2D eigenvalue weighted by Crippen LogP contribution is -2.53. The van der Waals surface area contributed by atoms with Crippen molar-refractivity contribution in [1.82, 2.24) is 4.90 Å². The van der Waals surface area contributed by atoms with Gasteiger partial charge in [0.2, 0.25) is 12.2 Å². The summed E-state index contributed by atoms with van der Waals surface area (Å²) in [6, 6.07) is 7.10. The first-order valence-corrected chi connectivity index (χ1v) is 14.3. The summed E-state index contributed by atoms with van der Waals surface area (Å²) in [5.41, 5.74) is 0.135. The minimum absolute atomic E-state index is 0.0207. The van der Waals surface area contributed by atoms with Crippen LogP contribution >= 0.6 is 0 Å². The molecule has 41 heavy (non-hydrogen) atoms. The van der Waals surface area contributed by atoms with E-state index in [2.05, 4.69) is 5.32 Å². The van der Waals surface area contributed by atoms with Crippen molar-refractivity contribution in [3.63, 3.8) is 0 Å². The van der Waals surface area contributed by atoms with E-state index in [1.54, 1.807) is 0 Å². The van der Waals surface area contributed by atoms with Crippen LogP contribution in [0.25, 0.3) is 0 Å². The molecule has 0 aliphatic carbocycles. The third kappa shape index (κ3) is 6.17. The summed E-state index contributed by atoms with van der Waals surface area (Å²) in [6.45, 7) is 1.23. The van der Waals surface area contributed by atoms with E-state index in [1.807, 2.05) is 0 Å². The molecule has 1 fully saturated rings. The maximum Gasteiger partial charge on any atom is 0.335 e. The summed E-state index contributed by atoms with van der Waals surface area (Å²) in [5, 5.41) is 31.9. The molecule has 2 aliphatic rings. The van der Waals surface area contributed by atoms with Gasteiger partial charge in [0, 0.05) is 19.6 Å². The quantitative estimate of drug-likeness (QED) is 0.291. The number of carbonyl (C=O) groups excluding carboxylic acids is 3. The summed E-state index contributed by atoms with van der Waals surface area (Å²) >= 11 is 0. The number of hydrogen-bond donors (Lipinski definition) is 4. The van der Waals surface area contributed by atoms with Crippen LogP contribution in [0, 0.1) is 0 Å². The molecule has 2 aromatic rings. The molecule has 1 saturated heterocycles. The zero-order valence-corrected chi connectivity index (χ0v) is 23.0. The van der Waals surface area contributed by atoms with E-state index in [0.717, 1.165) is 11.2 Å². The second kappa shape index (κ2) is 11.4. The molecule has 3 amide bonds. The minimum atomic E-state index is -3.80. The van der Waals surface area contributed by atoms with Gasteiger partial charge in [-0.1, -0.05) is 12.1 Å². The largest absolute Gasteiger partial charge is 0.493 e. The van der Waals surface area contributed by atoms with Gasteiger partial charge in [0.15, 0.2) is 17.6 Å². The van der Waals surface area contributed by atoms with Gasteiger partial charge >= 0.3 is 5.97 Å². The zero-order chi connectivity index (χ0) is 30.2. The van der Waals surface area contributed by atoms with E-state index in [-0.39, 0.29) is 40.3 Å². The summed E-state index contributed by atoms with van der Waals surface area (Å²) < 4.78 is 41.3. The number of carboxylic acids is 1. The summed E-state index contributed by atoms with van der Waals surface area (Å²) in [5.74, 6) is -4.22. The fourth-order valence-corrected chi connectivity index (χ4v) is 5.65. The number of ether oxygens (including phenoxy) is 3. The third-order valence-corrected chi connectivity index (χ3v) is 7.46. The van der Waals surface area contributed by atoms with Gasteiger partial charge in [0.05, 0.1) is 41.8 Å². The number of methoxy groups -OCH3 is 1. The zero-order valence-electron chi connectivity index (χ0n) is 22.1. The number of hydrogen-bond acceptors (Lipinski definition) is 11. The number of anilines is 1. The second-order valence-electron chi connectivity index (χ2n) is 9.64. The van der Waals surface area contributed by atoms with Crippen molar-refractivity contribution in [2.24, 2.45) is 0 Å². The number of fused-ring (bicyclic) bond motifs is 1. The van der Waals surface area contributed by atoms with Gasteiger partial charge in [0.1, 0.15) is 15.9 Å². The second-order valence-corrected chi connectivity index (χ2v) is 11.8. The number of carboxylic acid groups (broad SMARTS) is 1. The number of benzene rings is 2. The number of imide groups is 1. The predicted octanol–water partition coefficient (Wildman–Crippen LogP) is 0.336. The van der Waals surface area contributed by atoms with Crippen LogP contribution in [0.15, 0.2) is 36.4 Å². The highest BCUT2D eigenvalue weighted by molar-refractivity contribution is 7.90. The van der Waals surface area contributed by atoms with Crippen molar-refractivity contribution in [2.45, 2.75) is 44.0 Å². The van der Waals surface area contributed by atoms with Crippen molar-refractivity contribution in [2.75, 3.05) is 24.4 Å². The standard InChI is InChI=1S/C26H28N2O12S/c1-12(29)27-15-6-4-5-14-21(15)25(33)28(24(14)32)16(11-41(3,36)37)13-7-8-18(38-2)19(9-13)39-20-10-17(30)22(31)23(40-20)26(34)35/h4-9,16-17,20,22-23,30-31H,10-11H2,1-3H3,(H,27,29)(H,34,35)/t16-,17-,20-,22?,23+/m1/s1. The van der Waals surface area contributed by atoms with Crippen LogP contribution in [-0.4, -0.2) is 96.0 Å². The minimum Gasteiger partial charge on any atom is -0.493 e. The topological polar surface area (TPSA) is 206 Å². The maximum absolute atomic E-state index is 13.6. The lowest BCUT2D eigenvalue weighted by atomic mass is 10.0. The van der Waals surface area contributed by atoms with Gasteiger partial charge in [-0.25, -0.2) is 13.2 Å². The van der Waals surface area contributed by atoms with Crippen LogP contribution in [0.4, 0.5) is 5.69 Å². The average molecular weight is 593 g/mol. The molecule has 4 rings (SSSR count). The van der Waals surface area contributed by atoms with E-state index >= 15 is 0 Å². The lowest BCUT2D eigenvalue weighted by Gasteiger charge is -2.35. The molecular formula is C26H28N2O12S. The van der Waals surface area contributed by atoms with Gasteiger partial charge in [-0.3, -0.25) is 19.3 Å². The van der Waals surface area contributed by atoms with Gasteiger partial charge < -0.3 is 34.8 Å². The summed E-state index contributed by atoms with van der Waals surface area (Å²) in [7, 11) is -2.49. The Morgan fingerprint density at radius 3 is 2.46 bits per heavy atom. The molecular weight excluding hydrogens is 564 g/mol. The normalized spacial score (nSPS) is 23.1. The molecule has 2 aromatic carbocycles. The summed E-state index contributed by atoms with van der Waals surface area (Å²) in [4.78, 5) is 51.0. The van der Waals surface area contributed by atoms with Gasteiger partial charge in [-0.2, -0.15) is 0 Å². The fourth-order valence-electron chi connectivity index (χ4n) is 4.74. The molecule has 15 heteroatoms. The number of nitrogens with one attached hydrogen (secondary N) is 1. The van der Waals surface area contributed by atoms with Crippen LogP contribution in [0.5, 0.6) is 11.5 Å². The first kappa shape index (κ1) is 29.9. The monoisotopic (exact) mass is 592 g/mol. The van der Waals surface area contributed by atoms with Gasteiger partial charge in [0.25, 0.3) is 11.8 Å². The highest BCUT2D eigenvalue weighted by Gasteiger charge is 2.44. The molecule has 2 aliphatic heterocycles. The van der Waals surface area contributed by atoms with Crippen molar-refractivity contribution in [1.29, 1.82) is 0 Å². The first-order valence-electron chi connectivity index (χ1n) is 12.3. The van der Waals surface area contributed by atoms with Crippen LogP contribution in [0.2, 0.25) is 0 Å². The lowest BCUT2D eigenvalue weighted by molar-refractivity contribution is -0.228. The van der Waals surface area contributed by atoms with Crippen LogP contribution in [0.1, 0.15) is 45.7 Å². The summed E-state index contributed by atoms with van der Waals surface area (Å²) in [6.07, 6.45) is -5.70. The highest BCUT2D eigenvalue weighted by atomic mass is 32.2. The highest BCUT2D eigenvalue weighted by Crippen LogP contribution is 2.39. The molecule has 4 N–H and O–H groups in total. The third-order valence-electron chi connectivity index (χ3n) is 6.54. The maximum atomic E-state index is 13.6. The molecule has 0 bridgehead atoms. The molecule has 5 atom stereocenters. The molecule has 0 saturated carbocycles. The Bertz CT molecular complexity index is 1510. The average Bonchev–Trinajstić information content (AvgIpc) is 3.14. The Kier molecular flexibility index (Phi) is 8.35. The van der Waals surface area contributed by atoms with Crippen molar-refractivity contribution in [3.8, 4) is 11.5 Å². The van der Waals surface area contributed by atoms with E-state index < -0.39 is 69.9 Å². The van der Waals surface area contributed by atoms with E-state index in [1.165, 1.54) is 50.4 Å². The first-order chi connectivity index (χ1) is 19.2.